The van der Waals surface area contributed by atoms with Gasteiger partial charge in [0.05, 0.1) is 12.2 Å². The normalized spacial score (nSPS) is 10.5. The standard InChI is InChI=1S/C11H10IN3O2/c1-7-13-3-2-9(14-7)6-15-5-8(12)4-10(15)11(16)17/h2-5H,6H2,1H3,(H,16,17). The van der Waals surface area contributed by atoms with Crippen molar-refractivity contribution in [1.29, 1.82) is 0 Å². The van der Waals surface area contributed by atoms with Crippen molar-refractivity contribution in [2.45, 2.75) is 13.5 Å². The molecule has 0 saturated carbocycles. The van der Waals surface area contributed by atoms with Gasteiger partial charge in [-0.3, -0.25) is 0 Å². The zero-order valence-corrected chi connectivity index (χ0v) is 11.2. The zero-order chi connectivity index (χ0) is 12.4. The molecule has 2 aromatic heterocycles. The van der Waals surface area contributed by atoms with E-state index in [4.69, 9.17) is 5.11 Å². The summed E-state index contributed by atoms with van der Waals surface area (Å²) in [6, 6.07) is 3.42. The molecule has 0 unspecified atom stereocenters. The van der Waals surface area contributed by atoms with Gasteiger partial charge < -0.3 is 9.67 Å². The Balaban J connectivity index is 2.32. The first kappa shape index (κ1) is 12.0. The molecule has 88 valence electrons. The molecule has 6 heteroatoms. The SMILES string of the molecule is Cc1nccc(Cn2cc(I)cc2C(=O)O)n1. The summed E-state index contributed by atoms with van der Waals surface area (Å²) in [6.07, 6.45) is 3.47. The van der Waals surface area contributed by atoms with Crippen LogP contribution in [-0.2, 0) is 6.54 Å². The van der Waals surface area contributed by atoms with Crippen LogP contribution in [0.3, 0.4) is 0 Å². The van der Waals surface area contributed by atoms with Crippen LogP contribution in [-0.4, -0.2) is 25.6 Å². The lowest BCUT2D eigenvalue weighted by Gasteiger charge is -2.05. The Morgan fingerprint density at radius 3 is 3.00 bits per heavy atom. The van der Waals surface area contributed by atoms with E-state index < -0.39 is 5.97 Å². The lowest BCUT2D eigenvalue weighted by molar-refractivity contribution is 0.0685. The van der Waals surface area contributed by atoms with E-state index in [1.54, 1.807) is 36.0 Å². The molecule has 1 N–H and O–H groups in total. The molecule has 2 heterocycles. The maximum absolute atomic E-state index is 11.0. The Morgan fingerprint density at radius 1 is 1.59 bits per heavy atom. The van der Waals surface area contributed by atoms with Crippen LogP contribution in [0.2, 0.25) is 0 Å². The highest BCUT2D eigenvalue weighted by atomic mass is 127. The number of rotatable bonds is 3. The van der Waals surface area contributed by atoms with Crippen molar-refractivity contribution < 1.29 is 9.90 Å². The molecule has 2 rings (SSSR count). The van der Waals surface area contributed by atoms with Crippen LogP contribution in [0.1, 0.15) is 22.0 Å². The van der Waals surface area contributed by atoms with Gasteiger partial charge in [-0.15, -0.1) is 0 Å². The quantitative estimate of drug-likeness (QED) is 0.865. The van der Waals surface area contributed by atoms with Gasteiger partial charge in [-0.2, -0.15) is 0 Å². The van der Waals surface area contributed by atoms with Crippen LogP contribution >= 0.6 is 22.6 Å². The van der Waals surface area contributed by atoms with Gasteiger partial charge in [0, 0.05) is 16.0 Å². The molecule has 0 radical (unpaired) electrons. The average molecular weight is 343 g/mol. The minimum atomic E-state index is -0.932. The molecule has 0 aliphatic carbocycles. The molecule has 0 saturated heterocycles. The van der Waals surface area contributed by atoms with E-state index in [9.17, 15) is 4.79 Å². The highest BCUT2D eigenvalue weighted by Gasteiger charge is 2.12. The first-order valence-electron chi connectivity index (χ1n) is 4.94. The van der Waals surface area contributed by atoms with E-state index in [-0.39, 0.29) is 5.69 Å². The van der Waals surface area contributed by atoms with Gasteiger partial charge in [0.25, 0.3) is 0 Å². The number of hydrogen-bond acceptors (Lipinski definition) is 3. The van der Waals surface area contributed by atoms with E-state index >= 15 is 0 Å². The lowest BCUT2D eigenvalue weighted by Crippen LogP contribution is -2.09. The number of hydrogen-bond donors (Lipinski definition) is 1. The molecule has 0 amide bonds. The number of aryl methyl sites for hydroxylation is 1. The van der Waals surface area contributed by atoms with Gasteiger partial charge in [0.15, 0.2) is 0 Å². The number of halogens is 1. The maximum Gasteiger partial charge on any atom is 0.352 e. The summed E-state index contributed by atoms with van der Waals surface area (Å²) in [4.78, 5) is 19.3. The highest BCUT2D eigenvalue weighted by Crippen LogP contribution is 2.13. The molecule has 0 spiro atoms. The Labute approximate surface area is 112 Å². The van der Waals surface area contributed by atoms with Crippen LogP contribution in [0.25, 0.3) is 0 Å². The summed E-state index contributed by atoms with van der Waals surface area (Å²) in [5.41, 5.74) is 1.07. The molecular formula is C11H10IN3O2. The van der Waals surface area contributed by atoms with Gasteiger partial charge in [0.2, 0.25) is 0 Å². The largest absolute Gasteiger partial charge is 0.477 e. The highest BCUT2D eigenvalue weighted by molar-refractivity contribution is 14.1. The smallest absolute Gasteiger partial charge is 0.352 e. The summed E-state index contributed by atoms with van der Waals surface area (Å²) in [7, 11) is 0. The van der Waals surface area contributed by atoms with Gasteiger partial charge in [-0.05, 0) is 41.6 Å². The fourth-order valence-electron chi connectivity index (χ4n) is 1.55. The molecule has 0 aromatic carbocycles. The molecule has 5 nitrogen and oxygen atoms in total. The van der Waals surface area contributed by atoms with Crippen LogP contribution in [0.15, 0.2) is 24.5 Å². The lowest BCUT2D eigenvalue weighted by atomic mass is 10.3. The number of carboxylic acid groups (broad SMARTS) is 1. The van der Waals surface area contributed by atoms with Gasteiger partial charge in [-0.1, -0.05) is 0 Å². The number of nitrogens with zero attached hydrogens (tertiary/aromatic N) is 3. The molecule has 0 fully saturated rings. The van der Waals surface area contributed by atoms with Crippen molar-refractivity contribution in [3.63, 3.8) is 0 Å². The average Bonchev–Trinajstić information content (AvgIpc) is 2.59. The maximum atomic E-state index is 11.0. The summed E-state index contributed by atoms with van der Waals surface area (Å²) in [6.45, 7) is 2.25. The molecule has 0 aliphatic heterocycles. The van der Waals surface area contributed by atoms with Crippen molar-refractivity contribution in [3.8, 4) is 0 Å². The van der Waals surface area contributed by atoms with E-state index in [0.29, 0.717) is 12.4 Å². The van der Waals surface area contributed by atoms with Crippen molar-refractivity contribution in [2.75, 3.05) is 0 Å². The summed E-state index contributed by atoms with van der Waals surface area (Å²) < 4.78 is 2.57. The summed E-state index contributed by atoms with van der Waals surface area (Å²) >= 11 is 2.09. The Bertz CT molecular complexity index is 566. The first-order chi connectivity index (χ1) is 8.06. The summed E-state index contributed by atoms with van der Waals surface area (Å²) in [5.74, 6) is -0.250. The van der Waals surface area contributed by atoms with E-state index in [1.165, 1.54) is 0 Å². The molecule has 0 bridgehead atoms. The second-order valence-electron chi connectivity index (χ2n) is 3.57. The molecule has 0 atom stereocenters. The number of carbonyl (C=O) groups is 1. The van der Waals surface area contributed by atoms with Crippen LogP contribution in [0.4, 0.5) is 0 Å². The zero-order valence-electron chi connectivity index (χ0n) is 9.09. The third-order valence-electron chi connectivity index (χ3n) is 2.25. The van der Waals surface area contributed by atoms with Crippen LogP contribution in [0, 0.1) is 10.5 Å². The van der Waals surface area contributed by atoms with Crippen molar-refractivity contribution >= 4 is 28.6 Å². The fraction of sp³-hybridized carbons (Fsp3) is 0.182. The summed E-state index contributed by atoms with van der Waals surface area (Å²) in [5, 5.41) is 9.05. The third-order valence-corrected chi connectivity index (χ3v) is 2.84. The van der Waals surface area contributed by atoms with Crippen LogP contribution < -0.4 is 0 Å². The number of carboxylic acids is 1. The predicted octanol–water partition coefficient (Wildman–Crippen LogP) is 1.94. The van der Waals surface area contributed by atoms with E-state index in [0.717, 1.165) is 9.26 Å². The van der Waals surface area contributed by atoms with E-state index in [1.807, 2.05) is 0 Å². The topological polar surface area (TPSA) is 68.0 Å². The van der Waals surface area contributed by atoms with Gasteiger partial charge in [-0.25, -0.2) is 14.8 Å². The molecule has 17 heavy (non-hydrogen) atoms. The Kier molecular flexibility index (Phi) is 3.41. The molecule has 0 aliphatic rings. The predicted molar refractivity (Wildman–Crippen MR) is 70.0 cm³/mol. The van der Waals surface area contributed by atoms with Crippen LogP contribution in [0.5, 0.6) is 0 Å². The fourth-order valence-corrected chi connectivity index (χ4v) is 2.18. The monoisotopic (exact) mass is 343 g/mol. The Morgan fingerprint density at radius 2 is 2.35 bits per heavy atom. The van der Waals surface area contributed by atoms with Crippen molar-refractivity contribution in [1.82, 2.24) is 14.5 Å². The van der Waals surface area contributed by atoms with Gasteiger partial charge >= 0.3 is 5.97 Å². The number of aromatic nitrogens is 3. The minimum Gasteiger partial charge on any atom is -0.477 e. The third kappa shape index (κ3) is 2.82. The molecular weight excluding hydrogens is 333 g/mol. The first-order valence-corrected chi connectivity index (χ1v) is 6.01. The number of aromatic carboxylic acids is 1. The minimum absolute atomic E-state index is 0.269. The van der Waals surface area contributed by atoms with E-state index in [2.05, 4.69) is 32.6 Å². The van der Waals surface area contributed by atoms with Crippen molar-refractivity contribution in [3.05, 3.63) is 45.3 Å². The molecule has 2 aromatic rings. The Hall–Kier alpha value is -1.44. The second kappa shape index (κ2) is 4.82. The van der Waals surface area contributed by atoms with Crippen molar-refractivity contribution in [2.24, 2.45) is 0 Å². The van der Waals surface area contributed by atoms with Gasteiger partial charge in [0.1, 0.15) is 11.5 Å². The second-order valence-corrected chi connectivity index (χ2v) is 4.82.